The third-order valence-electron chi connectivity index (χ3n) is 3.61. The Morgan fingerprint density at radius 1 is 1.05 bits per heavy atom. The zero-order valence-electron chi connectivity index (χ0n) is 13.1. The zero-order valence-corrected chi connectivity index (χ0v) is 14.0. The Morgan fingerprint density at radius 3 is 2.33 bits per heavy atom. The highest BCUT2D eigenvalue weighted by molar-refractivity contribution is 8.00. The summed E-state index contributed by atoms with van der Waals surface area (Å²) in [6.07, 6.45) is 0. The van der Waals surface area contributed by atoms with Gasteiger partial charge in [-0.25, -0.2) is 0 Å². The molecule has 0 amide bonds. The lowest BCUT2D eigenvalue weighted by molar-refractivity contribution is 0.102. The van der Waals surface area contributed by atoms with Gasteiger partial charge in [0.25, 0.3) is 0 Å². The van der Waals surface area contributed by atoms with Crippen molar-refractivity contribution >= 4 is 17.5 Å². The molecule has 0 N–H and O–H groups in total. The van der Waals surface area contributed by atoms with E-state index in [1.165, 1.54) is 5.56 Å². The largest absolute Gasteiger partial charge is 0.293 e. The van der Waals surface area contributed by atoms with Gasteiger partial charge in [0.15, 0.2) is 5.78 Å². The van der Waals surface area contributed by atoms with Crippen LogP contribution in [0.4, 0.5) is 0 Å². The van der Waals surface area contributed by atoms with Crippen molar-refractivity contribution in [2.24, 2.45) is 0 Å². The van der Waals surface area contributed by atoms with Gasteiger partial charge in [-0.05, 0) is 49.1 Å². The van der Waals surface area contributed by atoms with E-state index in [9.17, 15) is 4.79 Å². The van der Waals surface area contributed by atoms with Gasteiger partial charge in [0, 0.05) is 10.5 Å². The Hall–Kier alpha value is -1.54. The van der Waals surface area contributed by atoms with Crippen LogP contribution in [0.3, 0.4) is 0 Å². The summed E-state index contributed by atoms with van der Waals surface area (Å²) in [4.78, 5) is 13.5. The minimum absolute atomic E-state index is 0.203. The highest BCUT2D eigenvalue weighted by atomic mass is 32.2. The van der Waals surface area contributed by atoms with E-state index in [-0.39, 0.29) is 5.78 Å². The van der Waals surface area contributed by atoms with Gasteiger partial charge in [0.05, 0.1) is 5.75 Å². The van der Waals surface area contributed by atoms with Crippen molar-refractivity contribution in [2.75, 3.05) is 5.75 Å². The molecule has 2 aromatic rings. The zero-order chi connectivity index (χ0) is 15.4. The summed E-state index contributed by atoms with van der Waals surface area (Å²) in [5.41, 5.74) is 4.37. The number of ketones is 1. The van der Waals surface area contributed by atoms with Gasteiger partial charge in [-0.15, -0.1) is 11.8 Å². The van der Waals surface area contributed by atoms with E-state index in [1.54, 1.807) is 11.8 Å². The highest BCUT2D eigenvalue weighted by Crippen LogP contribution is 2.23. The van der Waals surface area contributed by atoms with E-state index < -0.39 is 0 Å². The molecule has 0 bridgehead atoms. The summed E-state index contributed by atoms with van der Waals surface area (Å²) in [5, 5.41) is 0. The maximum Gasteiger partial charge on any atom is 0.173 e. The van der Waals surface area contributed by atoms with Crippen LogP contribution in [0.15, 0.2) is 47.4 Å². The van der Waals surface area contributed by atoms with E-state index in [2.05, 4.69) is 38.1 Å². The molecular weight excluding hydrogens is 276 g/mol. The van der Waals surface area contributed by atoms with Crippen molar-refractivity contribution in [3.05, 3.63) is 64.7 Å². The Bertz CT molecular complexity index is 627. The lowest BCUT2D eigenvalue weighted by Gasteiger charge is -2.08. The number of rotatable bonds is 5. The molecule has 0 aliphatic heterocycles. The average Bonchev–Trinajstić information content (AvgIpc) is 2.47. The Morgan fingerprint density at radius 2 is 1.71 bits per heavy atom. The molecule has 2 aromatic carbocycles. The molecule has 0 heterocycles. The summed E-state index contributed by atoms with van der Waals surface area (Å²) >= 11 is 1.61. The van der Waals surface area contributed by atoms with Crippen LogP contribution in [0.1, 0.15) is 46.8 Å². The van der Waals surface area contributed by atoms with Crippen LogP contribution in [0.25, 0.3) is 0 Å². The summed E-state index contributed by atoms with van der Waals surface area (Å²) in [6.45, 7) is 8.39. The van der Waals surface area contributed by atoms with Crippen LogP contribution >= 0.6 is 11.8 Å². The SMILES string of the molecule is Cc1ccc(C)c(C(=O)CSc2ccc(C(C)C)cc2)c1. The third kappa shape index (κ3) is 4.21. The van der Waals surface area contributed by atoms with Crippen molar-refractivity contribution in [1.29, 1.82) is 0 Å². The quantitative estimate of drug-likeness (QED) is 0.543. The third-order valence-corrected chi connectivity index (χ3v) is 4.62. The number of Topliss-reactive ketones (excluding diaryl/α,β-unsaturated/α-hetero) is 1. The first kappa shape index (κ1) is 15.8. The van der Waals surface area contributed by atoms with E-state index in [0.717, 1.165) is 21.6 Å². The van der Waals surface area contributed by atoms with Crippen LogP contribution in [-0.4, -0.2) is 11.5 Å². The molecule has 0 saturated heterocycles. The molecular formula is C19H22OS. The lowest BCUT2D eigenvalue weighted by atomic mass is 10.0. The number of carbonyl (C=O) groups excluding carboxylic acids is 1. The molecule has 0 spiro atoms. The molecule has 0 fully saturated rings. The van der Waals surface area contributed by atoms with Crippen LogP contribution in [0.5, 0.6) is 0 Å². The van der Waals surface area contributed by atoms with E-state index in [4.69, 9.17) is 0 Å². The van der Waals surface area contributed by atoms with E-state index >= 15 is 0 Å². The van der Waals surface area contributed by atoms with Gasteiger partial charge in [0.1, 0.15) is 0 Å². The predicted molar refractivity (Wildman–Crippen MR) is 91.5 cm³/mol. The van der Waals surface area contributed by atoms with Crippen LogP contribution in [0.2, 0.25) is 0 Å². The Balaban J connectivity index is 2.02. The van der Waals surface area contributed by atoms with Crippen molar-refractivity contribution in [1.82, 2.24) is 0 Å². The maximum atomic E-state index is 12.3. The maximum absolute atomic E-state index is 12.3. The normalized spacial score (nSPS) is 10.9. The highest BCUT2D eigenvalue weighted by Gasteiger charge is 2.10. The fourth-order valence-electron chi connectivity index (χ4n) is 2.21. The number of thioether (sulfide) groups is 1. The molecule has 0 saturated carbocycles. The van der Waals surface area contributed by atoms with Crippen molar-refractivity contribution in [3.63, 3.8) is 0 Å². The minimum Gasteiger partial charge on any atom is -0.293 e. The predicted octanol–water partition coefficient (Wildman–Crippen LogP) is 5.40. The average molecular weight is 298 g/mol. The van der Waals surface area contributed by atoms with Crippen LogP contribution in [0, 0.1) is 13.8 Å². The lowest BCUT2D eigenvalue weighted by Crippen LogP contribution is -2.05. The molecule has 0 radical (unpaired) electrons. The Kier molecular flexibility index (Phi) is 5.24. The van der Waals surface area contributed by atoms with Crippen LogP contribution in [-0.2, 0) is 0 Å². The molecule has 0 atom stereocenters. The molecule has 1 nitrogen and oxygen atoms in total. The monoisotopic (exact) mass is 298 g/mol. The van der Waals surface area contributed by atoms with Crippen molar-refractivity contribution in [3.8, 4) is 0 Å². The van der Waals surface area contributed by atoms with Crippen LogP contribution < -0.4 is 0 Å². The van der Waals surface area contributed by atoms with Crippen molar-refractivity contribution < 1.29 is 4.79 Å². The van der Waals surface area contributed by atoms with Gasteiger partial charge in [-0.2, -0.15) is 0 Å². The number of aryl methyl sites for hydroxylation is 2. The minimum atomic E-state index is 0.203. The van der Waals surface area contributed by atoms with Gasteiger partial charge in [-0.1, -0.05) is 43.7 Å². The fraction of sp³-hybridized carbons (Fsp3) is 0.316. The first-order chi connectivity index (χ1) is 9.97. The second-order valence-corrected chi connectivity index (χ2v) is 6.80. The summed E-state index contributed by atoms with van der Waals surface area (Å²) in [7, 11) is 0. The second-order valence-electron chi connectivity index (χ2n) is 5.75. The fourth-order valence-corrected chi connectivity index (χ4v) is 2.99. The first-order valence-corrected chi connectivity index (χ1v) is 8.29. The number of hydrogen-bond acceptors (Lipinski definition) is 2. The van der Waals surface area contributed by atoms with Crippen molar-refractivity contribution in [2.45, 2.75) is 38.5 Å². The standard InChI is InChI=1S/C19H22OS/c1-13(2)16-7-9-17(10-8-16)21-12-19(20)18-11-14(3)5-6-15(18)4/h5-11,13H,12H2,1-4H3. The van der Waals surface area contributed by atoms with Gasteiger partial charge in [0.2, 0.25) is 0 Å². The van der Waals surface area contributed by atoms with Gasteiger partial charge in [-0.3, -0.25) is 4.79 Å². The topological polar surface area (TPSA) is 17.1 Å². The summed E-state index contributed by atoms with van der Waals surface area (Å²) < 4.78 is 0. The molecule has 2 rings (SSSR count). The van der Waals surface area contributed by atoms with Gasteiger partial charge >= 0.3 is 0 Å². The second kappa shape index (κ2) is 6.95. The molecule has 2 heteroatoms. The smallest absolute Gasteiger partial charge is 0.173 e. The van der Waals surface area contributed by atoms with E-state index in [0.29, 0.717) is 11.7 Å². The number of benzene rings is 2. The Labute approximate surface area is 131 Å². The summed E-state index contributed by atoms with van der Waals surface area (Å²) in [6, 6.07) is 14.6. The molecule has 0 aliphatic rings. The molecule has 0 aromatic heterocycles. The number of hydrogen-bond donors (Lipinski definition) is 0. The van der Waals surface area contributed by atoms with Gasteiger partial charge < -0.3 is 0 Å². The number of carbonyl (C=O) groups is 1. The molecule has 110 valence electrons. The molecule has 21 heavy (non-hydrogen) atoms. The molecule has 0 aliphatic carbocycles. The summed E-state index contributed by atoms with van der Waals surface area (Å²) in [5.74, 6) is 1.24. The molecule has 0 unspecified atom stereocenters. The first-order valence-electron chi connectivity index (χ1n) is 7.30. The van der Waals surface area contributed by atoms with E-state index in [1.807, 2.05) is 32.0 Å².